The normalized spacial score (nSPS) is 24.5. The number of benzene rings is 1. The first-order chi connectivity index (χ1) is 10.2. The van der Waals surface area contributed by atoms with Crippen molar-refractivity contribution in [3.8, 4) is 0 Å². The lowest BCUT2D eigenvalue weighted by molar-refractivity contribution is 0.0766. The van der Waals surface area contributed by atoms with Crippen LogP contribution in [0.15, 0.2) is 24.3 Å². The average molecular weight is 286 g/mol. The molecule has 1 aliphatic heterocycles. The molecule has 2 nitrogen and oxygen atoms in total. The molecule has 1 unspecified atom stereocenters. The summed E-state index contributed by atoms with van der Waals surface area (Å²) in [5.41, 5.74) is 3.20. The highest BCUT2D eigenvalue weighted by Gasteiger charge is 2.30. The molecule has 1 saturated heterocycles. The summed E-state index contributed by atoms with van der Waals surface area (Å²) < 4.78 is 0. The Hall–Kier alpha value is -0.860. The molecule has 1 aromatic rings. The van der Waals surface area contributed by atoms with Crippen LogP contribution in [0, 0.1) is 0 Å². The second-order valence-electron chi connectivity index (χ2n) is 7.13. The minimum Gasteiger partial charge on any atom is -0.301 e. The van der Waals surface area contributed by atoms with E-state index < -0.39 is 0 Å². The summed E-state index contributed by atoms with van der Waals surface area (Å²) in [6.45, 7) is 7.15. The molecule has 1 fully saturated rings. The van der Waals surface area contributed by atoms with Crippen LogP contribution in [0.3, 0.4) is 0 Å². The van der Waals surface area contributed by atoms with Crippen LogP contribution in [-0.4, -0.2) is 42.0 Å². The van der Waals surface area contributed by atoms with Gasteiger partial charge in [0.2, 0.25) is 0 Å². The molecule has 0 aromatic heterocycles. The molecule has 1 atom stereocenters. The summed E-state index contributed by atoms with van der Waals surface area (Å²) in [4.78, 5) is 5.31. The van der Waals surface area contributed by atoms with E-state index in [1.54, 1.807) is 11.1 Å². The minimum atomic E-state index is 0.664. The van der Waals surface area contributed by atoms with Crippen molar-refractivity contribution in [3.05, 3.63) is 35.4 Å². The number of piperidine rings is 1. The number of hydrogen-bond donors (Lipinski definition) is 0. The van der Waals surface area contributed by atoms with E-state index in [0.717, 1.165) is 6.04 Å². The smallest absolute Gasteiger partial charge is 0.0350 e. The van der Waals surface area contributed by atoms with E-state index >= 15 is 0 Å². The molecule has 0 spiro atoms. The molecule has 1 aromatic carbocycles. The topological polar surface area (TPSA) is 6.48 Å². The summed E-state index contributed by atoms with van der Waals surface area (Å²) in [6.07, 6.45) is 6.63. The van der Waals surface area contributed by atoms with Crippen LogP contribution in [0.1, 0.15) is 56.7 Å². The molecule has 0 amide bonds. The highest BCUT2D eigenvalue weighted by Crippen LogP contribution is 2.36. The number of hydrogen-bond acceptors (Lipinski definition) is 2. The van der Waals surface area contributed by atoms with Crippen molar-refractivity contribution in [1.82, 2.24) is 9.80 Å². The molecular formula is C19H30N2. The van der Waals surface area contributed by atoms with Gasteiger partial charge in [0.25, 0.3) is 0 Å². The van der Waals surface area contributed by atoms with Crippen LogP contribution >= 0.6 is 0 Å². The maximum absolute atomic E-state index is 2.75. The molecule has 1 aliphatic carbocycles. The van der Waals surface area contributed by atoms with E-state index in [4.69, 9.17) is 0 Å². The van der Waals surface area contributed by atoms with Gasteiger partial charge in [0, 0.05) is 31.2 Å². The molecule has 2 heteroatoms. The van der Waals surface area contributed by atoms with Gasteiger partial charge < -0.3 is 4.90 Å². The predicted molar refractivity (Wildman–Crippen MR) is 89.6 cm³/mol. The standard InChI is InChI=1S/C19H30N2/c1-15(2)20(3)17-11-13-21(14-12-17)19-10-6-8-16-7-4-5-9-18(16)19/h4-5,7,9,15,17,19H,6,8,10-14H2,1-3H3. The van der Waals surface area contributed by atoms with E-state index in [1.807, 2.05) is 0 Å². The fourth-order valence-corrected chi connectivity index (χ4v) is 4.13. The first-order valence-corrected chi connectivity index (χ1v) is 8.70. The molecule has 2 aliphatic rings. The summed E-state index contributed by atoms with van der Waals surface area (Å²) in [7, 11) is 2.29. The van der Waals surface area contributed by atoms with Crippen LogP contribution in [0.2, 0.25) is 0 Å². The first kappa shape index (κ1) is 15.1. The summed E-state index contributed by atoms with van der Waals surface area (Å²) in [6, 6.07) is 11.2. The Balaban J connectivity index is 1.66. The molecule has 0 N–H and O–H groups in total. The van der Waals surface area contributed by atoms with Crippen LogP contribution in [-0.2, 0) is 6.42 Å². The van der Waals surface area contributed by atoms with Gasteiger partial charge >= 0.3 is 0 Å². The van der Waals surface area contributed by atoms with E-state index in [1.165, 1.54) is 45.2 Å². The fourth-order valence-electron chi connectivity index (χ4n) is 4.13. The number of aryl methyl sites for hydroxylation is 1. The van der Waals surface area contributed by atoms with Crippen molar-refractivity contribution < 1.29 is 0 Å². The van der Waals surface area contributed by atoms with Crippen molar-refractivity contribution >= 4 is 0 Å². The van der Waals surface area contributed by atoms with Gasteiger partial charge in [0.15, 0.2) is 0 Å². The van der Waals surface area contributed by atoms with Gasteiger partial charge in [0.05, 0.1) is 0 Å². The SMILES string of the molecule is CC(C)N(C)C1CCN(C2CCCc3ccccc32)CC1. The molecule has 0 bridgehead atoms. The summed E-state index contributed by atoms with van der Waals surface area (Å²) in [5, 5.41) is 0. The maximum atomic E-state index is 2.75. The number of likely N-dealkylation sites (tertiary alicyclic amines) is 1. The molecule has 0 saturated carbocycles. The monoisotopic (exact) mass is 286 g/mol. The Labute approximate surface area is 130 Å². The third-order valence-electron chi connectivity index (χ3n) is 5.67. The Morgan fingerprint density at radius 1 is 1.10 bits per heavy atom. The zero-order chi connectivity index (χ0) is 14.8. The predicted octanol–water partition coefficient (Wildman–Crippen LogP) is 3.87. The van der Waals surface area contributed by atoms with Crippen molar-refractivity contribution in [3.63, 3.8) is 0 Å². The van der Waals surface area contributed by atoms with Gasteiger partial charge in [-0.15, -0.1) is 0 Å². The van der Waals surface area contributed by atoms with Crippen LogP contribution in [0.5, 0.6) is 0 Å². The van der Waals surface area contributed by atoms with Crippen molar-refractivity contribution in [2.45, 2.75) is 64.1 Å². The highest BCUT2D eigenvalue weighted by molar-refractivity contribution is 5.32. The maximum Gasteiger partial charge on any atom is 0.0350 e. The van der Waals surface area contributed by atoms with Crippen molar-refractivity contribution in [2.24, 2.45) is 0 Å². The average Bonchev–Trinajstić information content (AvgIpc) is 2.53. The first-order valence-electron chi connectivity index (χ1n) is 8.70. The zero-order valence-electron chi connectivity index (χ0n) is 13.9. The van der Waals surface area contributed by atoms with E-state index in [-0.39, 0.29) is 0 Å². The lowest BCUT2D eigenvalue weighted by Gasteiger charge is -2.43. The summed E-state index contributed by atoms with van der Waals surface area (Å²) >= 11 is 0. The largest absolute Gasteiger partial charge is 0.301 e. The van der Waals surface area contributed by atoms with Crippen LogP contribution < -0.4 is 0 Å². The van der Waals surface area contributed by atoms with Crippen molar-refractivity contribution in [2.75, 3.05) is 20.1 Å². The third kappa shape index (κ3) is 3.17. The van der Waals surface area contributed by atoms with Gasteiger partial charge in [-0.2, -0.15) is 0 Å². The zero-order valence-corrected chi connectivity index (χ0v) is 13.9. The highest BCUT2D eigenvalue weighted by atomic mass is 15.2. The van der Waals surface area contributed by atoms with Crippen LogP contribution in [0.25, 0.3) is 0 Å². The molecule has 21 heavy (non-hydrogen) atoms. The molecular weight excluding hydrogens is 256 g/mol. The number of nitrogens with zero attached hydrogens (tertiary/aromatic N) is 2. The van der Waals surface area contributed by atoms with Gasteiger partial charge in [0.1, 0.15) is 0 Å². The Kier molecular flexibility index (Phi) is 4.66. The Morgan fingerprint density at radius 2 is 1.81 bits per heavy atom. The number of rotatable bonds is 3. The van der Waals surface area contributed by atoms with Gasteiger partial charge in [-0.3, -0.25) is 4.90 Å². The second-order valence-corrected chi connectivity index (χ2v) is 7.13. The van der Waals surface area contributed by atoms with E-state index in [2.05, 4.69) is 55.0 Å². The third-order valence-corrected chi connectivity index (χ3v) is 5.67. The quantitative estimate of drug-likeness (QED) is 0.832. The lowest BCUT2D eigenvalue weighted by Crippen LogP contribution is -2.47. The van der Waals surface area contributed by atoms with E-state index in [9.17, 15) is 0 Å². The molecule has 1 heterocycles. The Bertz CT molecular complexity index is 460. The van der Waals surface area contributed by atoms with Gasteiger partial charge in [-0.05, 0) is 64.1 Å². The summed E-state index contributed by atoms with van der Waals surface area (Å²) in [5.74, 6) is 0. The van der Waals surface area contributed by atoms with Gasteiger partial charge in [-0.1, -0.05) is 24.3 Å². The van der Waals surface area contributed by atoms with Crippen LogP contribution in [0.4, 0.5) is 0 Å². The second kappa shape index (κ2) is 6.50. The lowest BCUT2D eigenvalue weighted by atomic mass is 9.85. The Morgan fingerprint density at radius 3 is 2.52 bits per heavy atom. The molecule has 116 valence electrons. The minimum absolute atomic E-state index is 0.664. The van der Waals surface area contributed by atoms with Crippen molar-refractivity contribution in [1.29, 1.82) is 0 Å². The van der Waals surface area contributed by atoms with Gasteiger partial charge in [-0.25, -0.2) is 0 Å². The molecule has 3 rings (SSSR count). The molecule has 0 radical (unpaired) electrons. The van der Waals surface area contributed by atoms with E-state index in [0.29, 0.717) is 12.1 Å². The fraction of sp³-hybridized carbons (Fsp3) is 0.684. The number of fused-ring (bicyclic) bond motifs is 1.